The molecular formula is C25H30O3. The Bertz CT molecular complexity index is 820. The van der Waals surface area contributed by atoms with Gasteiger partial charge >= 0.3 is 0 Å². The Hall–Kier alpha value is -1.68. The van der Waals surface area contributed by atoms with Crippen LogP contribution in [0.3, 0.4) is 0 Å². The fourth-order valence-electron chi connectivity index (χ4n) is 4.64. The van der Waals surface area contributed by atoms with Crippen LogP contribution >= 0.6 is 0 Å². The van der Waals surface area contributed by atoms with E-state index in [0.29, 0.717) is 18.8 Å². The van der Waals surface area contributed by atoms with Crippen LogP contribution < -0.4 is 0 Å². The van der Waals surface area contributed by atoms with E-state index in [1.807, 2.05) is 0 Å². The first-order valence-electron chi connectivity index (χ1n) is 10.9. The first-order valence-corrected chi connectivity index (χ1v) is 10.9. The lowest BCUT2D eigenvalue weighted by Gasteiger charge is -2.33. The van der Waals surface area contributed by atoms with Crippen LogP contribution in [-0.4, -0.2) is 29.0 Å². The number of aliphatic hydroxyl groups excluding tert-OH is 2. The van der Waals surface area contributed by atoms with Gasteiger partial charge in [0.05, 0.1) is 24.9 Å². The molecule has 3 heteroatoms. The predicted octanol–water partition coefficient (Wildman–Crippen LogP) is 4.61. The highest BCUT2D eigenvalue weighted by molar-refractivity contribution is 5.41. The Morgan fingerprint density at radius 1 is 0.857 bits per heavy atom. The molecule has 1 unspecified atom stereocenters. The third-order valence-corrected chi connectivity index (χ3v) is 6.56. The van der Waals surface area contributed by atoms with Crippen LogP contribution in [0.15, 0.2) is 42.5 Å². The Morgan fingerprint density at radius 2 is 1.57 bits per heavy atom. The molecule has 148 valence electrons. The van der Waals surface area contributed by atoms with Crippen LogP contribution in [0.4, 0.5) is 0 Å². The highest BCUT2D eigenvalue weighted by atomic mass is 16.5. The Balaban J connectivity index is 1.39. The Kier molecular flexibility index (Phi) is 5.00. The summed E-state index contributed by atoms with van der Waals surface area (Å²) in [6.07, 6.45) is 6.53. The summed E-state index contributed by atoms with van der Waals surface area (Å²) in [5.74, 6) is 1.51. The summed E-state index contributed by atoms with van der Waals surface area (Å²) in [6.45, 7) is -0.0338. The number of hydrogen-bond donors (Lipinski definition) is 2. The summed E-state index contributed by atoms with van der Waals surface area (Å²) in [6, 6.07) is 15.9. The third-order valence-electron chi connectivity index (χ3n) is 6.56. The van der Waals surface area contributed by atoms with E-state index in [1.165, 1.54) is 47.9 Å². The minimum Gasteiger partial charge on any atom is -0.394 e. The molecule has 3 aliphatic rings. The molecule has 0 bridgehead atoms. The van der Waals surface area contributed by atoms with Crippen molar-refractivity contribution in [2.24, 2.45) is 0 Å². The standard InChI is InChI=1S/C25H30O3/c26-15-23-13-22(27)14-25(28-23)20-9-10-24(19-7-8-19)21(12-20)11-16-1-3-17(4-2-16)18-5-6-18/h1-4,9-10,12,18-19,22-23,25-27H,5-8,11,13-15H2/t22?,23-,25+/m0/s1. The molecule has 2 saturated carbocycles. The lowest BCUT2D eigenvalue weighted by Crippen LogP contribution is -2.33. The molecule has 5 rings (SSSR count). The van der Waals surface area contributed by atoms with E-state index in [2.05, 4.69) is 42.5 Å². The molecule has 0 spiro atoms. The molecule has 2 aromatic rings. The smallest absolute Gasteiger partial charge is 0.0854 e. The maximum absolute atomic E-state index is 10.2. The van der Waals surface area contributed by atoms with Crippen molar-refractivity contribution in [3.63, 3.8) is 0 Å². The quantitative estimate of drug-likeness (QED) is 0.772. The number of rotatable bonds is 6. The van der Waals surface area contributed by atoms with Gasteiger partial charge in [-0.2, -0.15) is 0 Å². The van der Waals surface area contributed by atoms with Gasteiger partial charge in [-0.25, -0.2) is 0 Å². The van der Waals surface area contributed by atoms with Crippen molar-refractivity contribution < 1.29 is 14.9 Å². The van der Waals surface area contributed by atoms with Gasteiger partial charge in [0.2, 0.25) is 0 Å². The van der Waals surface area contributed by atoms with Crippen LogP contribution in [0, 0.1) is 0 Å². The topological polar surface area (TPSA) is 49.7 Å². The average Bonchev–Trinajstić information content (AvgIpc) is 3.61. The van der Waals surface area contributed by atoms with Gasteiger partial charge in [0.25, 0.3) is 0 Å². The van der Waals surface area contributed by atoms with Crippen LogP contribution in [0.25, 0.3) is 0 Å². The Labute approximate surface area is 167 Å². The van der Waals surface area contributed by atoms with Crippen molar-refractivity contribution in [3.05, 3.63) is 70.3 Å². The summed E-state index contributed by atoms with van der Waals surface area (Å²) >= 11 is 0. The minimum atomic E-state index is -0.405. The van der Waals surface area contributed by atoms with E-state index >= 15 is 0 Å². The monoisotopic (exact) mass is 378 g/mol. The minimum absolute atomic E-state index is 0.0338. The van der Waals surface area contributed by atoms with Crippen molar-refractivity contribution in [3.8, 4) is 0 Å². The molecule has 0 radical (unpaired) electrons. The zero-order valence-corrected chi connectivity index (χ0v) is 16.4. The maximum atomic E-state index is 10.2. The van der Waals surface area contributed by atoms with Crippen molar-refractivity contribution >= 4 is 0 Å². The van der Waals surface area contributed by atoms with Crippen LogP contribution in [0.5, 0.6) is 0 Å². The van der Waals surface area contributed by atoms with Gasteiger partial charge in [-0.15, -0.1) is 0 Å². The molecule has 2 aliphatic carbocycles. The van der Waals surface area contributed by atoms with E-state index in [-0.39, 0.29) is 18.8 Å². The van der Waals surface area contributed by atoms with Crippen LogP contribution in [0.2, 0.25) is 0 Å². The molecule has 1 saturated heterocycles. The first kappa shape index (κ1) is 18.4. The molecule has 3 nitrogen and oxygen atoms in total. The average molecular weight is 379 g/mol. The normalized spacial score (nSPS) is 27.7. The summed E-state index contributed by atoms with van der Waals surface area (Å²) in [5.41, 5.74) is 6.85. The van der Waals surface area contributed by atoms with Crippen LogP contribution in [0.1, 0.15) is 84.3 Å². The molecule has 2 N–H and O–H groups in total. The maximum Gasteiger partial charge on any atom is 0.0854 e. The molecule has 3 atom stereocenters. The lowest BCUT2D eigenvalue weighted by molar-refractivity contribution is -0.113. The number of aliphatic hydroxyl groups is 2. The molecular weight excluding hydrogens is 348 g/mol. The van der Waals surface area contributed by atoms with Gasteiger partial charge < -0.3 is 14.9 Å². The van der Waals surface area contributed by atoms with Crippen molar-refractivity contribution in [1.82, 2.24) is 0 Å². The van der Waals surface area contributed by atoms with Crippen LogP contribution in [-0.2, 0) is 11.2 Å². The zero-order chi connectivity index (χ0) is 19.1. The molecule has 0 aromatic heterocycles. The molecule has 3 fully saturated rings. The summed E-state index contributed by atoms with van der Waals surface area (Å²) in [4.78, 5) is 0. The largest absolute Gasteiger partial charge is 0.394 e. The van der Waals surface area contributed by atoms with Gasteiger partial charge in [0.15, 0.2) is 0 Å². The highest BCUT2D eigenvalue weighted by Gasteiger charge is 2.31. The van der Waals surface area contributed by atoms with Gasteiger partial charge in [0.1, 0.15) is 0 Å². The molecule has 28 heavy (non-hydrogen) atoms. The van der Waals surface area contributed by atoms with Gasteiger partial charge in [-0.3, -0.25) is 0 Å². The molecule has 1 aliphatic heterocycles. The fraction of sp³-hybridized carbons (Fsp3) is 0.520. The highest BCUT2D eigenvalue weighted by Crippen LogP contribution is 2.44. The van der Waals surface area contributed by atoms with E-state index in [9.17, 15) is 10.2 Å². The number of benzene rings is 2. The van der Waals surface area contributed by atoms with Gasteiger partial charge in [0, 0.05) is 12.8 Å². The van der Waals surface area contributed by atoms with Gasteiger partial charge in [-0.05, 0) is 71.8 Å². The second kappa shape index (κ2) is 7.62. The summed E-state index contributed by atoms with van der Waals surface area (Å²) in [7, 11) is 0. The fourth-order valence-corrected chi connectivity index (χ4v) is 4.64. The second-order valence-corrected chi connectivity index (χ2v) is 8.98. The third kappa shape index (κ3) is 4.03. The number of hydrogen-bond acceptors (Lipinski definition) is 3. The molecule has 0 amide bonds. The first-order chi connectivity index (χ1) is 13.7. The van der Waals surface area contributed by atoms with Crippen molar-refractivity contribution in [2.45, 2.75) is 75.1 Å². The van der Waals surface area contributed by atoms with E-state index in [1.54, 1.807) is 0 Å². The van der Waals surface area contributed by atoms with E-state index in [0.717, 1.165) is 17.9 Å². The van der Waals surface area contributed by atoms with Crippen molar-refractivity contribution in [1.29, 1.82) is 0 Å². The van der Waals surface area contributed by atoms with E-state index in [4.69, 9.17) is 4.74 Å². The SMILES string of the molecule is OC[C@@H]1CC(O)C[C@H](c2ccc(C3CC3)c(Cc3ccc(C4CC4)cc3)c2)O1. The predicted molar refractivity (Wildman–Crippen MR) is 110 cm³/mol. The number of ether oxygens (including phenoxy) is 1. The molecule has 1 heterocycles. The second-order valence-electron chi connectivity index (χ2n) is 8.98. The lowest BCUT2D eigenvalue weighted by atomic mass is 9.90. The van der Waals surface area contributed by atoms with Crippen molar-refractivity contribution in [2.75, 3.05) is 6.61 Å². The Morgan fingerprint density at radius 3 is 2.25 bits per heavy atom. The van der Waals surface area contributed by atoms with Gasteiger partial charge in [-0.1, -0.05) is 42.5 Å². The zero-order valence-electron chi connectivity index (χ0n) is 16.4. The summed E-state index contributed by atoms with van der Waals surface area (Å²) < 4.78 is 6.05. The summed E-state index contributed by atoms with van der Waals surface area (Å²) in [5, 5.41) is 19.7. The molecule has 2 aromatic carbocycles. The van der Waals surface area contributed by atoms with E-state index < -0.39 is 6.10 Å².